The molecule has 0 aliphatic rings. The molecule has 1 nitrogen and oxygen atoms in total. The molecule has 0 atom stereocenters. The van der Waals surface area contributed by atoms with Crippen LogP contribution in [0, 0.1) is 0 Å². The van der Waals surface area contributed by atoms with Gasteiger partial charge in [-0.2, -0.15) is 0 Å². The van der Waals surface area contributed by atoms with Crippen molar-refractivity contribution in [3.05, 3.63) is 78.4 Å². The molecule has 0 saturated heterocycles. The molecule has 0 amide bonds. The van der Waals surface area contributed by atoms with E-state index < -0.39 is 0 Å². The highest BCUT2D eigenvalue weighted by atomic mass is 16.3. The second-order valence-corrected chi connectivity index (χ2v) is 5.57. The normalized spacial score (nSPS) is 10.6. The van der Waals surface area contributed by atoms with Crippen LogP contribution in [0.1, 0.15) is 18.9 Å². The molecule has 3 aromatic rings. The Hall–Kier alpha value is -2.54. The fourth-order valence-corrected chi connectivity index (χ4v) is 2.66. The Bertz CT molecular complexity index is 722. The summed E-state index contributed by atoms with van der Waals surface area (Å²) >= 11 is 0. The van der Waals surface area contributed by atoms with Gasteiger partial charge in [-0.25, -0.2) is 0 Å². The van der Waals surface area contributed by atoms with Crippen molar-refractivity contribution in [1.82, 2.24) is 0 Å². The molecule has 1 heteroatoms. The van der Waals surface area contributed by atoms with Gasteiger partial charge in [0.05, 0.1) is 0 Å². The van der Waals surface area contributed by atoms with E-state index in [0.29, 0.717) is 5.75 Å². The fourth-order valence-electron chi connectivity index (χ4n) is 2.66. The van der Waals surface area contributed by atoms with E-state index >= 15 is 0 Å². The number of benzene rings is 3. The monoisotopic (exact) mass is 288 g/mol. The van der Waals surface area contributed by atoms with Crippen LogP contribution in [0.15, 0.2) is 72.8 Å². The van der Waals surface area contributed by atoms with Crippen molar-refractivity contribution in [2.24, 2.45) is 0 Å². The standard InChI is InChI=1S/C21H20O/c1-2-3-16-4-6-17(7-5-16)18-8-10-19(11-9-18)20-12-14-21(22)15-13-20/h4-15,22H,2-3H2,1H3. The summed E-state index contributed by atoms with van der Waals surface area (Å²) < 4.78 is 0. The lowest BCUT2D eigenvalue weighted by atomic mass is 9.99. The van der Waals surface area contributed by atoms with Gasteiger partial charge in [0.25, 0.3) is 0 Å². The van der Waals surface area contributed by atoms with Gasteiger partial charge in [-0.1, -0.05) is 74.0 Å². The molecule has 0 aliphatic heterocycles. The molecule has 0 unspecified atom stereocenters. The van der Waals surface area contributed by atoms with Gasteiger partial charge in [0.1, 0.15) is 5.75 Å². The van der Waals surface area contributed by atoms with Crippen molar-refractivity contribution in [2.75, 3.05) is 0 Å². The van der Waals surface area contributed by atoms with Gasteiger partial charge in [0.2, 0.25) is 0 Å². The van der Waals surface area contributed by atoms with E-state index in [2.05, 4.69) is 55.5 Å². The lowest BCUT2D eigenvalue weighted by molar-refractivity contribution is 0.475. The second-order valence-electron chi connectivity index (χ2n) is 5.57. The van der Waals surface area contributed by atoms with Gasteiger partial charge in [-0.05, 0) is 46.4 Å². The van der Waals surface area contributed by atoms with Gasteiger partial charge in [0.15, 0.2) is 0 Å². The Morgan fingerprint density at radius 3 is 1.36 bits per heavy atom. The van der Waals surface area contributed by atoms with Crippen molar-refractivity contribution in [2.45, 2.75) is 19.8 Å². The molecular weight excluding hydrogens is 268 g/mol. The molecule has 3 aromatic carbocycles. The van der Waals surface area contributed by atoms with E-state index in [1.54, 1.807) is 12.1 Å². The van der Waals surface area contributed by atoms with Crippen LogP contribution in [0.2, 0.25) is 0 Å². The summed E-state index contributed by atoms with van der Waals surface area (Å²) in [5.74, 6) is 0.299. The maximum absolute atomic E-state index is 9.36. The van der Waals surface area contributed by atoms with E-state index in [-0.39, 0.29) is 0 Å². The summed E-state index contributed by atoms with van der Waals surface area (Å²) in [5.41, 5.74) is 6.14. The highest BCUT2D eigenvalue weighted by Crippen LogP contribution is 2.26. The molecule has 0 aliphatic carbocycles. The van der Waals surface area contributed by atoms with Crippen molar-refractivity contribution >= 4 is 0 Å². The van der Waals surface area contributed by atoms with E-state index in [1.165, 1.54) is 23.1 Å². The molecule has 110 valence electrons. The first-order valence-corrected chi connectivity index (χ1v) is 7.75. The average Bonchev–Trinajstić information content (AvgIpc) is 2.57. The minimum Gasteiger partial charge on any atom is -0.508 e. The quantitative estimate of drug-likeness (QED) is 0.655. The Kier molecular flexibility index (Phi) is 4.24. The Morgan fingerprint density at radius 2 is 0.955 bits per heavy atom. The predicted molar refractivity (Wildman–Crippen MR) is 93.0 cm³/mol. The van der Waals surface area contributed by atoms with Crippen LogP contribution >= 0.6 is 0 Å². The molecule has 0 spiro atoms. The smallest absolute Gasteiger partial charge is 0.115 e. The van der Waals surface area contributed by atoms with Gasteiger partial charge >= 0.3 is 0 Å². The first-order valence-electron chi connectivity index (χ1n) is 7.75. The van der Waals surface area contributed by atoms with Crippen molar-refractivity contribution in [1.29, 1.82) is 0 Å². The summed E-state index contributed by atoms with van der Waals surface area (Å²) in [6.45, 7) is 2.20. The minimum absolute atomic E-state index is 0.299. The van der Waals surface area contributed by atoms with Crippen molar-refractivity contribution < 1.29 is 5.11 Å². The van der Waals surface area contributed by atoms with E-state index in [4.69, 9.17) is 0 Å². The van der Waals surface area contributed by atoms with Crippen LogP contribution in [0.4, 0.5) is 0 Å². The molecule has 22 heavy (non-hydrogen) atoms. The zero-order valence-electron chi connectivity index (χ0n) is 12.8. The molecule has 0 fully saturated rings. The number of aryl methyl sites for hydroxylation is 1. The van der Waals surface area contributed by atoms with Crippen LogP contribution in [0.3, 0.4) is 0 Å². The lowest BCUT2D eigenvalue weighted by Gasteiger charge is -2.06. The molecule has 3 rings (SSSR count). The fraction of sp³-hybridized carbons (Fsp3) is 0.143. The zero-order chi connectivity index (χ0) is 15.4. The molecular formula is C21H20O. The third-order valence-electron chi connectivity index (χ3n) is 3.91. The summed E-state index contributed by atoms with van der Waals surface area (Å²) in [6, 6.07) is 24.7. The Balaban J connectivity index is 1.83. The van der Waals surface area contributed by atoms with Crippen LogP contribution < -0.4 is 0 Å². The minimum atomic E-state index is 0.299. The van der Waals surface area contributed by atoms with Gasteiger partial charge in [-0.3, -0.25) is 0 Å². The number of hydrogen-bond acceptors (Lipinski definition) is 1. The highest BCUT2D eigenvalue weighted by Gasteiger charge is 2.01. The first-order chi connectivity index (χ1) is 10.8. The van der Waals surface area contributed by atoms with E-state index in [9.17, 15) is 5.11 Å². The Morgan fingerprint density at radius 1 is 0.591 bits per heavy atom. The first kappa shape index (κ1) is 14.4. The summed E-state index contributed by atoms with van der Waals surface area (Å²) in [7, 11) is 0. The average molecular weight is 288 g/mol. The maximum Gasteiger partial charge on any atom is 0.115 e. The number of hydrogen-bond donors (Lipinski definition) is 1. The SMILES string of the molecule is CCCc1ccc(-c2ccc(-c3ccc(O)cc3)cc2)cc1. The van der Waals surface area contributed by atoms with Gasteiger partial charge < -0.3 is 5.11 Å². The predicted octanol–water partition coefficient (Wildman–Crippen LogP) is 5.68. The second kappa shape index (κ2) is 6.48. The third-order valence-corrected chi connectivity index (χ3v) is 3.91. The number of rotatable bonds is 4. The van der Waals surface area contributed by atoms with Crippen molar-refractivity contribution in [3.8, 4) is 28.0 Å². The number of aromatic hydroxyl groups is 1. The molecule has 0 bridgehead atoms. The maximum atomic E-state index is 9.36. The highest BCUT2D eigenvalue weighted by molar-refractivity contribution is 5.70. The molecule has 1 N–H and O–H groups in total. The molecule has 0 heterocycles. The number of phenols is 1. The Labute approximate surface area is 131 Å². The van der Waals surface area contributed by atoms with Gasteiger partial charge in [0, 0.05) is 0 Å². The lowest BCUT2D eigenvalue weighted by Crippen LogP contribution is -1.84. The summed E-state index contributed by atoms with van der Waals surface area (Å²) in [4.78, 5) is 0. The van der Waals surface area contributed by atoms with Crippen LogP contribution in [0.25, 0.3) is 22.3 Å². The summed E-state index contributed by atoms with van der Waals surface area (Å²) in [6.07, 6.45) is 2.32. The zero-order valence-corrected chi connectivity index (χ0v) is 12.8. The van der Waals surface area contributed by atoms with E-state index in [1.807, 2.05) is 12.1 Å². The van der Waals surface area contributed by atoms with Gasteiger partial charge in [-0.15, -0.1) is 0 Å². The molecule has 0 saturated carbocycles. The molecule has 0 radical (unpaired) electrons. The topological polar surface area (TPSA) is 20.2 Å². The van der Waals surface area contributed by atoms with Crippen LogP contribution in [-0.4, -0.2) is 5.11 Å². The summed E-state index contributed by atoms with van der Waals surface area (Å²) in [5, 5.41) is 9.36. The number of phenolic OH excluding ortho intramolecular Hbond substituents is 1. The van der Waals surface area contributed by atoms with Crippen LogP contribution in [0.5, 0.6) is 5.75 Å². The van der Waals surface area contributed by atoms with Crippen LogP contribution in [-0.2, 0) is 6.42 Å². The molecule has 0 aromatic heterocycles. The van der Waals surface area contributed by atoms with E-state index in [0.717, 1.165) is 17.5 Å². The largest absolute Gasteiger partial charge is 0.508 e. The van der Waals surface area contributed by atoms with Crippen molar-refractivity contribution in [3.63, 3.8) is 0 Å². The third kappa shape index (κ3) is 3.20.